The molecular formula is C47H76O17. The second-order valence-corrected chi connectivity index (χ2v) is 23.2. The number of hydrogen-bond acceptors (Lipinski definition) is 16. The monoisotopic (exact) mass is 913 g/mol. The quantitative estimate of drug-likeness (QED) is 0.122. The third-order valence-electron chi connectivity index (χ3n) is 19.1. The molecule has 366 valence electrons. The van der Waals surface area contributed by atoms with Crippen molar-refractivity contribution in [3.63, 3.8) is 0 Å². The Morgan fingerprint density at radius 2 is 1.34 bits per heavy atom. The SMILES string of the molecule is CC1OC(OC2C(OC3CCC4(C)C(CCC5(C)C4CC=C4C6CC(C)(C)CC(O)C6(C)CCC45C)C3(C)CO)OC(C(=O)O)C(O)C2O)C(OC2OCC(O)C(O)C2O)C(O)C1O. The summed E-state index contributed by atoms with van der Waals surface area (Å²) in [6.07, 6.45) is -14.6. The molecule has 4 saturated carbocycles. The maximum absolute atomic E-state index is 12.4. The first-order valence-corrected chi connectivity index (χ1v) is 23.7. The van der Waals surface area contributed by atoms with Gasteiger partial charge in [-0.2, -0.15) is 0 Å². The molecule has 7 fully saturated rings. The highest BCUT2D eigenvalue weighted by Gasteiger charge is 2.70. The summed E-state index contributed by atoms with van der Waals surface area (Å²) in [4.78, 5) is 12.4. The molecule has 0 bridgehead atoms. The minimum Gasteiger partial charge on any atom is -0.479 e. The van der Waals surface area contributed by atoms with Crippen molar-refractivity contribution in [1.82, 2.24) is 0 Å². The number of hydrogen-bond donors (Lipinski definition) is 10. The van der Waals surface area contributed by atoms with Gasteiger partial charge in [0.2, 0.25) is 0 Å². The van der Waals surface area contributed by atoms with Crippen molar-refractivity contribution in [3.05, 3.63) is 11.6 Å². The smallest absolute Gasteiger partial charge is 0.335 e. The van der Waals surface area contributed by atoms with Gasteiger partial charge in [-0.25, -0.2) is 4.79 Å². The average molecular weight is 913 g/mol. The number of ether oxygens (including phenoxy) is 6. The standard InChI is InChI=1S/C47H76O17/c1-21-29(51)31(53)36(63-39-34(56)30(52)24(49)19-59-39)40(60-21)64-37-33(55)32(54)35(38(57)58)62-41(37)61-28-12-13-44(5)25(45(28,6)20-48)11-14-47(8)26(44)10-9-22-23-17-42(2,3)18-27(50)43(23,4)15-16-46(22,47)7/h9,21,23-37,39-41,48-56H,10-20H2,1-8H3,(H,57,58). The second kappa shape index (κ2) is 16.9. The summed E-state index contributed by atoms with van der Waals surface area (Å²) >= 11 is 0. The zero-order valence-corrected chi connectivity index (χ0v) is 38.7. The molecule has 0 radical (unpaired) electrons. The summed E-state index contributed by atoms with van der Waals surface area (Å²) in [7, 11) is 0. The van der Waals surface area contributed by atoms with Crippen LogP contribution in [0.3, 0.4) is 0 Å². The molecule has 8 aliphatic rings. The molecule has 8 rings (SSSR count). The molecule has 5 aliphatic carbocycles. The lowest BCUT2D eigenvalue weighted by Crippen LogP contribution is -2.68. The Kier molecular flexibility index (Phi) is 13.0. The van der Waals surface area contributed by atoms with Crippen LogP contribution in [0.15, 0.2) is 11.6 Å². The first-order chi connectivity index (χ1) is 29.8. The molecule has 0 aromatic heterocycles. The molecular weight excluding hydrogens is 837 g/mol. The van der Waals surface area contributed by atoms with Crippen molar-refractivity contribution in [3.8, 4) is 0 Å². The normalized spacial score (nSPS) is 56.1. The molecule has 0 aromatic carbocycles. The van der Waals surface area contributed by atoms with Gasteiger partial charge in [-0.15, -0.1) is 0 Å². The number of allylic oxidation sites excluding steroid dienone is 2. The van der Waals surface area contributed by atoms with Crippen molar-refractivity contribution in [2.75, 3.05) is 13.2 Å². The van der Waals surface area contributed by atoms with E-state index >= 15 is 0 Å². The molecule has 64 heavy (non-hydrogen) atoms. The Morgan fingerprint density at radius 1 is 0.703 bits per heavy atom. The summed E-state index contributed by atoms with van der Waals surface area (Å²) in [5.74, 6) is -1.06. The van der Waals surface area contributed by atoms with E-state index in [0.717, 1.165) is 44.9 Å². The van der Waals surface area contributed by atoms with Crippen LogP contribution in [0.1, 0.15) is 113 Å². The Bertz CT molecular complexity index is 1760. The maximum Gasteiger partial charge on any atom is 0.335 e. The predicted molar refractivity (Wildman–Crippen MR) is 225 cm³/mol. The van der Waals surface area contributed by atoms with Gasteiger partial charge < -0.3 is 79.5 Å². The number of carboxylic acid groups (broad SMARTS) is 1. The first kappa shape index (κ1) is 49.0. The number of carbonyl (C=O) groups is 1. The highest BCUT2D eigenvalue weighted by Crippen LogP contribution is 2.76. The zero-order chi connectivity index (χ0) is 46.9. The van der Waals surface area contributed by atoms with E-state index in [1.54, 1.807) is 0 Å². The van der Waals surface area contributed by atoms with Gasteiger partial charge in [-0.05, 0) is 104 Å². The van der Waals surface area contributed by atoms with Gasteiger partial charge in [0.05, 0.1) is 31.5 Å². The molecule has 17 nitrogen and oxygen atoms in total. The Labute approximate surface area is 376 Å². The summed E-state index contributed by atoms with van der Waals surface area (Å²) in [6, 6.07) is 0. The minimum absolute atomic E-state index is 0.0282. The van der Waals surface area contributed by atoms with Crippen molar-refractivity contribution < 1.29 is 84.3 Å². The number of aliphatic hydroxyl groups is 9. The highest BCUT2D eigenvalue weighted by molar-refractivity contribution is 5.73. The highest BCUT2D eigenvalue weighted by atomic mass is 16.8. The van der Waals surface area contributed by atoms with Gasteiger partial charge in [0, 0.05) is 10.8 Å². The number of rotatable bonds is 8. The van der Waals surface area contributed by atoms with Crippen LogP contribution in [0.4, 0.5) is 0 Å². The van der Waals surface area contributed by atoms with Crippen LogP contribution in [0.5, 0.6) is 0 Å². The molecule has 0 amide bonds. The molecule has 17 heteroatoms. The van der Waals surface area contributed by atoms with E-state index < -0.39 is 110 Å². The summed E-state index contributed by atoms with van der Waals surface area (Å²) < 4.78 is 36.1. The number of carboxylic acids is 1. The molecule has 24 unspecified atom stereocenters. The minimum atomic E-state index is -2.01. The molecule has 24 atom stereocenters. The van der Waals surface area contributed by atoms with Crippen LogP contribution in [-0.2, 0) is 33.2 Å². The fourth-order valence-corrected chi connectivity index (χ4v) is 14.8. The number of aliphatic carboxylic acids is 1. The largest absolute Gasteiger partial charge is 0.479 e. The summed E-state index contributed by atoms with van der Waals surface area (Å²) in [5.41, 5.74) is 0.0868. The number of aliphatic hydroxyl groups excluding tert-OH is 9. The van der Waals surface area contributed by atoms with Crippen LogP contribution in [0.2, 0.25) is 0 Å². The van der Waals surface area contributed by atoms with E-state index in [1.165, 1.54) is 12.5 Å². The van der Waals surface area contributed by atoms with Gasteiger partial charge in [0.1, 0.15) is 54.9 Å². The molecule has 10 N–H and O–H groups in total. The van der Waals surface area contributed by atoms with Gasteiger partial charge in [0.25, 0.3) is 0 Å². The third kappa shape index (κ3) is 7.49. The van der Waals surface area contributed by atoms with Crippen LogP contribution >= 0.6 is 0 Å². The van der Waals surface area contributed by atoms with Crippen molar-refractivity contribution in [1.29, 1.82) is 0 Å². The van der Waals surface area contributed by atoms with Gasteiger partial charge in [0.15, 0.2) is 25.0 Å². The molecule has 3 heterocycles. The topological polar surface area (TPSA) is 275 Å². The van der Waals surface area contributed by atoms with Gasteiger partial charge in [-0.1, -0.05) is 60.1 Å². The molecule has 3 saturated heterocycles. The van der Waals surface area contributed by atoms with Crippen molar-refractivity contribution in [2.45, 2.75) is 211 Å². The van der Waals surface area contributed by atoms with Crippen LogP contribution in [-0.4, -0.2) is 168 Å². The van der Waals surface area contributed by atoms with E-state index in [-0.39, 0.29) is 51.6 Å². The van der Waals surface area contributed by atoms with Gasteiger partial charge in [-0.3, -0.25) is 0 Å². The van der Waals surface area contributed by atoms with E-state index in [9.17, 15) is 55.9 Å². The lowest BCUT2D eigenvalue weighted by molar-refractivity contribution is -0.391. The fourth-order valence-electron chi connectivity index (χ4n) is 14.8. The van der Waals surface area contributed by atoms with Crippen LogP contribution < -0.4 is 0 Å². The van der Waals surface area contributed by atoms with E-state index in [2.05, 4.69) is 47.6 Å². The van der Waals surface area contributed by atoms with Crippen LogP contribution in [0.25, 0.3) is 0 Å². The predicted octanol–water partition coefficient (Wildman–Crippen LogP) is 1.34. The molecule has 0 aromatic rings. The van der Waals surface area contributed by atoms with E-state index in [4.69, 9.17) is 28.4 Å². The molecule has 0 spiro atoms. The second-order valence-electron chi connectivity index (χ2n) is 23.2. The third-order valence-corrected chi connectivity index (χ3v) is 19.1. The Hall–Kier alpha value is -1.39. The van der Waals surface area contributed by atoms with Gasteiger partial charge >= 0.3 is 5.97 Å². The Balaban J connectivity index is 1.07. The Morgan fingerprint density at radius 3 is 2.00 bits per heavy atom. The first-order valence-electron chi connectivity index (χ1n) is 23.7. The van der Waals surface area contributed by atoms with E-state index in [0.29, 0.717) is 18.8 Å². The lowest BCUT2D eigenvalue weighted by Gasteiger charge is -2.72. The maximum atomic E-state index is 12.4. The van der Waals surface area contributed by atoms with Crippen LogP contribution in [0, 0.1) is 50.2 Å². The molecule has 3 aliphatic heterocycles. The number of fused-ring (bicyclic) bond motifs is 7. The summed E-state index contributed by atoms with van der Waals surface area (Å²) in [5, 5.41) is 109. The van der Waals surface area contributed by atoms with Crippen molar-refractivity contribution >= 4 is 5.97 Å². The zero-order valence-electron chi connectivity index (χ0n) is 38.7. The summed E-state index contributed by atoms with van der Waals surface area (Å²) in [6.45, 7) is 16.9. The van der Waals surface area contributed by atoms with E-state index in [1.807, 2.05) is 6.92 Å². The van der Waals surface area contributed by atoms with Crippen molar-refractivity contribution in [2.24, 2.45) is 50.2 Å². The fraction of sp³-hybridized carbons (Fsp3) is 0.936. The average Bonchev–Trinajstić information content (AvgIpc) is 3.22. The lowest BCUT2D eigenvalue weighted by atomic mass is 9.33.